The van der Waals surface area contributed by atoms with Gasteiger partial charge < -0.3 is 5.11 Å². The third kappa shape index (κ3) is 3.07. The standard InChI is InChI=1S/C10H6BrF3N4O2/c11-4-1-2-6(19)5(3-4)7(20)15-9-16-8(17-18-9)10(12,13)14/h1-3,19H,(H2,15,16,17,18,20). The molecule has 0 bridgehead atoms. The molecule has 1 aromatic heterocycles. The molecule has 6 nitrogen and oxygen atoms in total. The van der Waals surface area contributed by atoms with Gasteiger partial charge in [-0.1, -0.05) is 15.9 Å². The van der Waals surface area contributed by atoms with Crippen molar-refractivity contribution in [3.63, 3.8) is 0 Å². The lowest BCUT2D eigenvalue weighted by Gasteiger charge is -2.04. The summed E-state index contributed by atoms with van der Waals surface area (Å²) in [6, 6.07) is 4.07. The highest BCUT2D eigenvalue weighted by molar-refractivity contribution is 9.10. The molecule has 0 saturated carbocycles. The van der Waals surface area contributed by atoms with Gasteiger partial charge in [0.1, 0.15) is 5.75 Å². The lowest BCUT2D eigenvalue weighted by Crippen LogP contribution is -2.13. The lowest BCUT2D eigenvalue weighted by atomic mass is 10.2. The predicted octanol–water partition coefficient (Wildman–Crippen LogP) is 2.54. The maximum Gasteiger partial charge on any atom is 0.451 e. The lowest BCUT2D eigenvalue weighted by molar-refractivity contribution is -0.144. The number of aromatic amines is 1. The van der Waals surface area contributed by atoms with Crippen molar-refractivity contribution in [2.24, 2.45) is 0 Å². The predicted molar refractivity (Wildman–Crippen MR) is 65.1 cm³/mol. The number of alkyl halides is 3. The van der Waals surface area contributed by atoms with E-state index in [1.54, 1.807) is 5.10 Å². The van der Waals surface area contributed by atoms with Crippen LogP contribution in [0, 0.1) is 0 Å². The van der Waals surface area contributed by atoms with Gasteiger partial charge in [-0.25, -0.2) is 0 Å². The number of hydrogen-bond donors (Lipinski definition) is 3. The van der Waals surface area contributed by atoms with E-state index in [-0.39, 0.29) is 11.3 Å². The van der Waals surface area contributed by atoms with E-state index in [0.29, 0.717) is 4.47 Å². The molecule has 2 aromatic rings. The first-order chi connectivity index (χ1) is 9.27. The molecule has 1 aromatic carbocycles. The number of amides is 1. The fraction of sp³-hybridized carbons (Fsp3) is 0.100. The molecule has 10 heteroatoms. The topological polar surface area (TPSA) is 90.9 Å². The smallest absolute Gasteiger partial charge is 0.451 e. The molecule has 0 atom stereocenters. The number of phenolic OH excluding ortho intramolecular Hbond substituents is 1. The van der Waals surface area contributed by atoms with E-state index in [1.165, 1.54) is 18.2 Å². The third-order valence-corrected chi connectivity index (χ3v) is 2.68. The number of hydrogen-bond acceptors (Lipinski definition) is 4. The second-order valence-electron chi connectivity index (χ2n) is 3.62. The summed E-state index contributed by atoms with van der Waals surface area (Å²) in [5, 5.41) is 16.4. The Morgan fingerprint density at radius 2 is 2.10 bits per heavy atom. The molecule has 20 heavy (non-hydrogen) atoms. The van der Waals surface area contributed by atoms with Crippen molar-refractivity contribution in [2.75, 3.05) is 5.32 Å². The summed E-state index contributed by atoms with van der Waals surface area (Å²) in [7, 11) is 0. The Labute approximate surface area is 118 Å². The highest BCUT2D eigenvalue weighted by atomic mass is 79.9. The SMILES string of the molecule is O=C(Nc1n[nH]c(C(F)(F)F)n1)c1cc(Br)ccc1O. The van der Waals surface area contributed by atoms with Gasteiger partial charge in [0.25, 0.3) is 5.91 Å². The number of halogens is 4. The fourth-order valence-electron chi connectivity index (χ4n) is 1.30. The highest BCUT2D eigenvalue weighted by Crippen LogP contribution is 2.27. The van der Waals surface area contributed by atoms with Crippen LogP contribution in [0.1, 0.15) is 16.2 Å². The second kappa shape index (κ2) is 5.12. The molecule has 0 aliphatic rings. The molecule has 0 aliphatic heterocycles. The zero-order chi connectivity index (χ0) is 14.9. The first-order valence-electron chi connectivity index (χ1n) is 5.07. The minimum Gasteiger partial charge on any atom is -0.507 e. The minimum atomic E-state index is -4.69. The van der Waals surface area contributed by atoms with Crippen LogP contribution in [0.2, 0.25) is 0 Å². The highest BCUT2D eigenvalue weighted by Gasteiger charge is 2.35. The number of aromatic nitrogens is 3. The van der Waals surface area contributed by atoms with Gasteiger partial charge >= 0.3 is 6.18 Å². The Balaban J connectivity index is 2.20. The molecule has 1 amide bonds. The number of carbonyl (C=O) groups excluding carboxylic acids is 1. The maximum atomic E-state index is 12.3. The summed E-state index contributed by atoms with van der Waals surface area (Å²) in [6.07, 6.45) is -4.69. The van der Waals surface area contributed by atoms with Crippen LogP contribution in [-0.2, 0) is 6.18 Å². The molecule has 106 valence electrons. The number of benzene rings is 1. The molecule has 2 rings (SSSR count). The molecule has 1 heterocycles. The number of nitrogens with zero attached hydrogens (tertiary/aromatic N) is 2. The molecule has 0 aliphatic carbocycles. The van der Waals surface area contributed by atoms with E-state index in [2.05, 4.69) is 26.0 Å². The summed E-state index contributed by atoms with van der Waals surface area (Å²) in [5.41, 5.74) is -0.127. The van der Waals surface area contributed by atoms with E-state index in [1.807, 2.05) is 5.32 Å². The van der Waals surface area contributed by atoms with E-state index in [4.69, 9.17) is 0 Å². The number of phenols is 1. The minimum absolute atomic E-state index is 0.127. The van der Waals surface area contributed by atoms with Gasteiger partial charge in [-0.2, -0.15) is 18.2 Å². The second-order valence-corrected chi connectivity index (χ2v) is 4.54. The fourth-order valence-corrected chi connectivity index (χ4v) is 1.66. The quantitative estimate of drug-likeness (QED) is 0.776. The molecule has 0 radical (unpaired) electrons. The first kappa shape index (κ1) is 14.3. The monoisotopic (exact) mass is 350 g/mol. The van der Waals surface area contributed by atoms with Crippen LogP contribution in [0.25, 0.3) is 0 Å². The number of carbonyl (C=O) groups is 1. The zero-order valence-electron chi connectivity index (χ0n) is 9.49. The summed E-state index contributed by atoms with van der Waals surface area (Å²) in [6.45, 7) is 0. The van der Waals surface area contributed by atoms with Gasteiger partial charge in [0.15, 0.2) is 0 Å². The zero-order valence-corrected chi connectivity index (χ0v) is 11.1. The molecule has 0 unspecified atom stereocenters. The summed E-state index contributed by atoms with van der Waals surface area (Å²) in [5.74, 6) is -3.03. The van der Waals surface area contributed by atoms with Crippen LogP contribution in [0.4, 0.5) is 19.1 Å². The molecule has 0 spiro atoms. The molecule has 3 N–H and O–H groups in total. The number of rotatable bonds is 2. The van der Waals surface area contributed by atoms with E-state index >= 15 is 0 Å². The number of anilines is 1. The van der Waals surface area contributed by atoms with Crippen molar-refractivity contribution in [1.29, 1.82) is 0 Å². The van der Waals surface area contributed by atoms with Crippen molar-refractivity contribution in [3.05, 3.63) is 34.1 Å². The van der Waals surface area contributed by atoms with Gasteiger partial charge in [-0.05, 0) is 18.2 Å². The van der Waals surface area contributed by atoms with Crippen LogP contribution in [-0.4, -0.2) is 26.2 Å². The van der Waals surface area contributed by atoms with Crippen molar-refractivity contribution in [2.45, 2.75) is 6.18 Å². The Morgan fingerprint density at radius 3 is 2.70 bits per heavy atom. The van der Waals surface area contributed by atoms with Gasteiger partial charge in [0.2, 0.25) is 11.8 Å². The maximum absolute atomic E-state index is 12.3. The van der Waals surface area contributed by atoms with Crippen LogP contribution in [0.5, 0.6) is 5.75 Å². The Morgan fingerprint density at radius 1 is 1.40 bits per heavy atom. The number of aromatic hydroxyl groups is 1. The van der Waals surface area contributed by atoms with Crippen molar-refractivity contribution >= 4 is 27.8 Å². The number of H-pyrrole nitrogens is 1. The number of nitrogens with one attached hydrogen (secondary N) is 2. The summed E-state index contributed by atoms with van der Waals surface area (Å²) < 4.78 is 37.4. The van der Waals surface area contributed by atoms with E-state index < -0.39 is 23.9 Å². The summed E-state index contributed by atoms with van der Waals surface area (Å²) >= 11 is 3.10. The normalized spacial score (nSPS) is 11.4. The van der Waals surface area contributed by atoms with Gasteiger partial charge in [-0.3, -0.25) is 15.2 Å². The molecule has 0 fully saturated rings. The van der Waals surface area contributed by atoms with E-state index in [9.17, 15) is 23.1 Å². The Hall–Kier alpha value is -2.10. The third-order valence-electron chi connectivity index (χ3n) is 2.18. The van der Waals surface area contributed by atoms with Gasteiger partial charge in [0, 0.05) is 4.47 Å². The van der Waals surface area contributed by atoms with Crippen LogP contribution in [0.15, 0.2) is 22.7 Å². The van der Waals surface area contributed by atoms with Crippen molar-refractivity contribution in [3.8, 4) is 5.75 Å². The average Bonchev–Trinajstić information content (AvgIpc) is 2.80. The van der Waals surface area contributed by atoms with Crippen molar-refractivity contribution in [1.82, 2.24) is 15.2 Å². The Bertz CT molecular complexity index is 656. The van der Waals surface area contributed by atoms with Crippen LogP contribution in [0.3, 0.4) is 0 Å². The van der Waals surface area contributed by atoms with Gasteiger partial charge in [0.05, 0.1) is 5.56 Å². The van der Waals surface area contributed by atoms with Crippen LogP contribution < -0.4 is 5.32 Å². The molecular weight excluding hydrogens is 345 g/mol. The Kier molecular flexibility index (Phi) is 3.66. The van der Waals surface area contributed by atoms with Gasteiger partial charge in [-0.15, -0.1) is 5.10 Å². The summed E-state index contributed by atoms with van der Waals surface area (Å²) in [4.78, 5) is 14.9. The first-order valence-corrected chi connectivity index (χ1v) is 5.86. The largest absolute Gasteiger partial charge is 0.507 e. The van der Waals surface area contributed by atoms with Crippen molar-refractivity contribution < 1.29 is 23.1 Å². The van der Waals surface area contributed by atoms with E-state index in [0.717, 1.165) is 0 Å². The molecule has 0 saturated heterocycles. The average molecular weight is 351 g/mol. The van der Waals surface area contributed by atoms with Crippen LogP contribution >= 0.6 is 15.9 Å². The molecular formula is C10H6BrF3N4O2.